The highest BCUT2D eigenvalue weighted by molar-refractivity contribution is 5.82. The summed E-state index contributed by atoms with van der Waals surface area (Å²) in [5, 5.41) is 3.39. The van der Waals surface area contributed by atoms with Crippen molar-refractivity contribution in [2.24, 2.45) is 5.92 Å². The Bertz CT molecular complexity index is 462. The van der Waals surface area contributed by atoms with Crippen LogP contribution in [0.1, 0.15) is 44.2 Å². The van der Waals surface area contributed by atoms with E-state index in [1.165, 1.54) is 12.0 Å². The molecule has 20 heavy (non-hydrogen) atoms. The number of amides is 1. The maximum atomic E-state index is 12.8. The summed E-state index contributed by atoms with van der Waals surface area (Å²) in [5.41, 5.74) is 1.17. The van der Waals surface area contributed by atoms with Crippen molar-refractivity contribution in [2.75, 3.05) is 13.1 Å². The maximum Gasteiger partial charge on any atom is 0.240 e. The standard InChI is InChI=1S/C16H23N3O/c1-12-6-8-18-14(10-12)16(20)19-9-3-5-15(19)13-4-2-7-17-11-13/h2,4,7,11-12,14-15,18H,3,5-6,8-10H2,1H3. The highest BCUT2D eigenvalue weighted by Crippen LogP contribution is 2.32. The molecule has 3 atom stereocenters. The minimum Gasteiger partial charge on any atom is -0.334 e. The SMILES string of the molecule is CC1CCNC(C(=O)N2CCCC2c2cccnc2)C1. The molecular formula is C16H23N3O. The van der Waals surface area contributed by atoms with E-state index in [4.69, 9.17) is 0 Å². The molecule has 0 bridgehead atoms. The number of piperidine rings is 1. The van der Waals surface area contributed by atoms with Gasteiger partial charge in [-0.25, -0.2) is 0 Å². The molecule has 4 nitrogen and oxygen atoms in total. The number of rotatable bonds is 2. The number of nitrogens with one attached hydrogen (secondary N) is 1. The van der Waals surface area contributed by atoms with Crippen molar-refractivity contribution < 1.29 is 4.79 Å². The van der Waals surface area contributed by atoms with Gasteiger partial charge in [-0.15, -0.1) is 0 Å². The third kappa shape index (κ3) is 2.70. The average molecular weight is 273 g/mol. The van der Waals surface area contributed by atoms with Gasteiger partial charge in [0.05, 0.1) is 12.1 Å². The van der Waals surface area contributed by atoms with Gasteiger partial charge in [0.1, 0.15) is 0 Å². The highest BCUT2D eigenvalue weighted by Gasteiger charge is 2.35. The maximum absolute atomic E-state index is 12.8. The van der Waals surface area contributed by atoms with Crippen molar-refractivity contribution in [1.29, 1.82) is 0 Å². The Kier molecular flexibility index (Phi) is 4.01. The lowest BCUT2D eigenvalue weighted by molar-refractivity contribution is -0.135. The van der Waals surface area contributed by atoms with E-state index in [0.29, 0.717) is 5.92 Å². The highest BCUT2D eigenvalue weighted by atomic mass is 16.2. The number of nitrogens with zero attached hydrogens (tertiary/aromatic N) is 2. The predicted octanol–water partition coefficient (Wildman–Crippen LogP) is 2.13. The van der Waals surface area contributed by atoms with Crippen molar-refractivity contribution in [3.8, 4) is 0 Å². The summed E-state index contributed by atoms with van der Waals surface area (Å²) < 4.78 is 0. The Labute approximate surface area is 120 Å². The van der Waals surface area contributed by atoms with Crippen LogP contribution in [0.15, 0.2) is 24.5 Å². The molecule has 4 heteroatoms. The van der Waals surface area contributed by atoms with E-state index in [0.717, 1.165) is 32.4 Å². The summed E-state index contributed by atoms with van der Waals surface area (Å²) in [6.45, 7) is 4.08. The Morgan fingerprint density at radius 1 is 1.45 bits per heavy atom. The van der Waals surface area contributed by atoms with Crippen LogP contribution < -0.4 is 5.32 Å². The molecule has 108 valence electrons. The molecule has 0 radical (unpaired) electrons. The molecule has 1 N–H and O–H groups in total. The molecule has 1 aromatic heterocycles. The first-order valence-corrected chi connectivity index (χ1v) is 7.69. The lowest BCUT2D eigenvalue weighted by atomic mass is 9.93. The van der Waals surface area contributed by atoms with Crippen LogP contribution in [0.3, 0.4) is 0 Å². The summed E-state index contributed by atoms with van der Waals surface area (Å²) in [5.74, 6) is 0.924. The van der Waals surface area contributed by atoms with Crippen molar-refractivity contribution in [3.05, 3.63) is 30.1 Å². The van der Waals surface area contributed by atoms with Gasteiger partial charge in [-0.05, 0) is 49.8 Å². The number of carbonyl (C=O) groups excluding carboxylic acids is 1. The smallest absolute Gasteiger partial charge is 0.240 e. The van der Waals surface area contributed by atoms with Crippen LogP contribution in [0.25, 0.3) is 0 Å². The topological polar surface area (TPSA) is 45.2 Å². The molecule has 2 fully saturated rings. The fourth-order valence-electron chi connectivity index (χ4n) is 3.45. The Morgan fingerprint density at radius 2 is 2.35 bits per heavy atom. The van der Waals surface area contributed by atoms with Crippen LogP contribution in [0, 0.1) is 5.92 Å². The van der Waals surface area contributed by atoms with Crippen LogP contribution in [0.5, 0.6) is 0 Å². The van der Waals surface area contributed by atoms with Gasteiger partial charge in [0.15, 0.2) is 0 Å². The second-order valence-corrected chi connectivity index (χ2v) is 6.11. The summed E-state index contributed by atoms with van der Waals surface area (Å²) in [4.78, 5) is 19.0. The number of aromatic nitrogens is 1. The van der Waals surface area contributed by atoms with E-state index >= 15 is 0 Å². The molecule has 0 aliphatic carbocycles. The number of likely N-dealkylation sites (tertiary alicyclic amines) is 1. The van der Waals surface area contributed by atoms with Crippen molar-refractivity contribution in [1.82, 2.24) is 15.2 Å². The molecule has 0 saturated carbocycles. The normalized spacial score (nSPS) is 30.4. The molecule has 2 saturated heterocycles. The lowest BCUT2D eigenvalue weighted by Gasteiger charge is -2.33. The molecule has 0 spiro atoms. The summed E-state index contributed by atoms with van der Waals surface area (Å²) in [6, 6.07) is 4.27. The van der Waals surface area contributed by atoms with Crippen molar-refractivity contribution >= 4 is 5.91 Å². The lowest BCUT2D eigenvalue weighted by Crippen LogP contribution is -2.49. The van der Waals surface area contributed by atoms with E-state index in [1.54, 1.807) is 6.20 Å². The number of pyridine rings is 1. The Morgan fingerprint density at radius 3 is 3.10 bits per heavy atom. The van der Waals surface area contributed by atoms with Gasteiger partial charge in [0, 0.05) is 18.9 Å². The zero-order valence-electron chi connectivity index (χ0n) is 12.1. The molecule has 3 rings (SSSR count). The van der Waals surface area contributed by atoms with Crippen molar-refractivity contribution in [2.45, 2.75) is 44.7 Å². The van der Waals surface area contributed by atoms with Crippen LogP contribution in [-0.4, -0.2) is 34.9 Å². The number of hydrogen-bond donors (Lipinski definition) is 1. The average Bonchev–Trinajstić information content (AvgIpc) is 2.97. The summed E-state index contributed by atoms with van der Waals surface area (Å²) in [6.07, 6.45) is 7.97. The molecule has 2 aliphatic rings. The van der Waals surface area contributed by atoms with Gasteiger partial charge in [-0.3, -0.25) is 9.78 Å². The zero-order valence-corrected chi connectivity index (χ0v) is 12.1. The predicted molar refractivity (Wildman–Crippen MR) is 78.1 cm³/mol. The third-order valence-corrected chi connectivity index (χ3v) is 4.57. The fourth-order valence-corrected chi connectivity index (χ4v) is 3.45. The van der Waals surface area contributed by atoms with E-state index in [-0.39, 0.29) is 18.0 Å². The number of hydrogen-bond acceptors (Lipinski definition) is 3. The molecular weight excluding hydrogens is 250 g/mol. The number of carbonyl (C=O) groups is 1. The monoisotopic (exact) mass is 273 g/mol. The first-order valence-electron chi connectivity index (χ1n) is 7.69. The van der Waals surface area contributed by atoms with Crippen LogP contribution >= 0.6 is 0 Å². The zero-order chi connectivity index (χ0) is 13.9. The van der Waals surface area contributed by atoms with Crippen LogP contribution in [0.4, 0.5) is 0 Å². The molecule has 3 unspecified atom stereocenters. The summed E-state index contributed by atoms with van der Waals surface area (Å²) >= 11 is 0. The fraction of sp³-hybridized carbons (Fsp3) is 0.625. The van der Waals surface area contributed by atoms with Gasteiger partial charge in [-0.2, -0.15) is 0 Å². The van der Waals surface area contributed by atoms with Gasteiger partial charge in [0.25, 0.3) is 0 Å². The largest absolute Gasteiger partial charge is 0.334 e. The molecule has 0 aromatic carbocycles. The van der Waals surface area contributed by atoms with Gasteiger partial charge >= 0.3 is 0 Å². The quantitative estimate of drug-likeness (QED) is 0.898. The minimum atomic E-state index is 0.0102. The first-order chi connectivity index (χ1) is 9.75. The van der Waals surface area contributed by atoms with Gasteiger partial charge < -0.3 is 10.2 Å². The van der Waals surface area contributed by atoms with Crippen LogP contribution in [0.2, 0.25) is 0 Å². The minimum absolute atomic E-state index is 0.0102. The summed E-state index contributed by atoms with van der Waals surface area (Å²) in [7, 11) is 0. The molecule has 1 aromatic rings. The van der Waals surface area contributed by atoms with E-state index in [9.17, 15) is 4.79 Å². The van der Waals surface area contributed by atoms with E-state index in [2.05, 4.69) is 28.2 Å². The van der Waals surface area contributed by atoms with E-state index < -0.39 is 0 Å². The van der Waals surface area contributed by atoms with Gasteiger partial charge in [-0.1, -0.05) is 13.0 Å². The van der Waals surface area contributed by atoms with E-state index in [1.807, 2.05) is 12.3 Å². The first kappa shape index (κ1) is 13.6. The molecule has 1 amide bonds. The molecule has 3 heterocycles. The third-order valence-electron chi connectivity index (χ3n) is 4.57. The van der Waals surface area contributed by atoms with Gasteiger partial charge in [0.2, 0.25) is 5.91 Å². The molecule has 2 aliphatic heterocycles. The second kappa shape index (κ2) is 5.92. The van der Waals surface area contributed by atoms with Crippen molar-refractivity contribution in [3.63, 3.8) is 0 Å². The Hall–Kier alpha value is -1.42. The second-order valence-electron chi connectivity index (χ2n) is 6.11. The van der Waals surface area contributed by atoms with Crippen LogP contribution in [-0.2, 0) is 4.79 Å². The Balaban J connectivity index is 1.73.